The van der Waals surface area contributed by atoms with E-state index in [0.29, 0.717) is 5.56 Å². The van der Waals surface area contributed by atoms with E-state index in [1.807, 2.05) is 24.4 Å². The van der Waals surface area contributed by atoms with Gasteiger partial charge in [-0.2, -0.15) is 0 Å². The summed E-state index contributed by atoms with van der Waals surface area (Å²) >= 11 is 0. The first-order chi connectivity index (χ1) is 12.7. The van der Waals surface area contributed by atoms with Crippen LogP contribution in [0, 0.1) is 6.92 Å². The molecule has 0 spiro atoms. The molecule has 10 heteroatoms. The molecule has 0 unspecified atom stereocenters. The predicted octanol–water partition coefficient (Wildman–Crippen LogP) is -0.239. The van der Waals surface area contributed by atoms with Gasteiger partial charge < -0.3 is 15.4 Å². The summed E-state index contributed by atoms with van der Waals surface area (Å²) in [7, 11) is 1.32. The lowest BCUT2D eigenvalue weighted by molar-refractivity contribution is -0.150. The lowest BCUT2D eigenvalue weighted by Crippen LogP contribution is -2.42. The number of imide groups is 2. The fourth-order valence-electron chi connectivity index (χ4n) is 2.47. The molecule has 27 heavy (non-hydrogen) atoms. The molecule has 0 aromatic heterocycles. The van der Waals surface area contributed by atoms with Crippen LogP contribution in [0.5, 0.6) is 0 Å². The van der Waals surface area contributed by atoms with Crippen LogP contribution in [0.25, 0.3) is 0 Å². The van der Waals surface area contributed by atoms with E-state index in [9.17, 15) is 24.0 Å². The minimum absolute atomic E-state index is 0.576. The molecule has 0 radical (unpaired) electrons. The first-order valence-corrected chi connectivity index (χ1v) is 8.06. The number of carbonyl (C=O) groups is 5. The Morgan fingerprint density at radius 3 is 2.41 bits per heavy atom. The van der Waals surface area contributed by atoms with E-state index in [-0.39, 0.29) is 0 Å². The number of urea groups is 2. The predicted molar refractivity (Wildman–Crippen MR) is 92.3 cm³/mol. The first kappa shape index (κ1) is 19.9. The van der Waals surface area contributed by atoms with Gasteiger partial charge in [-0.15, -0.1) is 0 Å². The average molecular weight is 376 g/mol. The molecule has 2 rings (SSSR count). The van der Waals surface area contributed by atoms with Crippen LogP contribution in [0.2, 0.25) is 0 Å². The van der Waals surface area contributed by atoms with Crippen molar-refractivity contribution in [2.45, 2.75) is 19.4 Å². The monoisotopic (exact) mass is 376 g/mol. The van der Waals surface area contributed by atoms with Gasteiger partial charge in [0.25, 0.3) is 11.8 Å². The topological polar surface area (TPSA) is 134 Å². The first-order valence-electron chi connectivity index (χ1n) is 8.06. The molecule has 1 aromatic carbocycles. The number of hydrogen-bond donors (Lipinski definition) is 3. The summed E-state index contributed by atoms with van der Waals surface area (Å²) in [6.45, 7) is 2.06. The molecule has 1 aliphatic heterocycles. The molecular formula is C17H20N4O6. The third kappa shape index (κ3) is 4.40. The molecule has 1 atom stereocenters. The Bertz CT molecular complexity index is 791. The number of rotatable bonds is 5. The number of nitrogens with one attached hydrogen (secondary N) is 3. The van der Waals surface area contributed by atoms with Crippen molar-refractivity contribution in [3.63, 3.8) is 0 Å². The molecule has 144 valence electrons. The van der Waals surface area contributed by atoms with Crippen molar-refractivity contribution in [1.82, 2.24) is 20.9 Å². The molecule has 0 bridgehead atoms. The van der Waals surface area contributed by atoms with Crippen molar-refractivity contribution in [2.24, 2.45) is 0 Å². The van der Waals surface area contributed by atoms with Crippen molar-refractivity contribution in [3.05, 3.63) is 35.4 Å². The van der Waals surface area contributed by atoms with Crippen LogP contribution >= 0.6 is 0 Å². The lowest BCUT2D eigenvalue weighted by atomic mass is 9.91. The molecule has 1 heterocycles. The van der Waals surface area contributed by atoms with Gasteiger partial charge in [0, 0.05) is 7.05 Å². The Balaban J connectivity index is 1.99. The Hall–Kier alpha value is -3.43. The van der Waals surface area contributed by atoms with E-state index in [0.717, 1.165) is 10.5 Å². The van der Waals surface area contributed by atoms with E-state index >= 15 is 0 Å². The number of esters is 1. The highest BCUT2D eigenvalue weighted by Gasteiger charge is 2.49. The fourth-order valence-corrected chi connectivity index (χ4v) is 2.47. The van der Waals surface area contributed by atoms with E-state index < -0.39 is 48.5 Å². The Kier molecular flexibility index (Phi) is 5.78. The van der Waals surface area contributed by atoms with Crippen molar-refractivity contribution in [1.29, 1.82) is 0 Å². The SMILES string of the molecule is CNC(=O)NC(=O)COC(=O)CN1C(=O)N[C@@](C)(c2ccc(C)cc2)C1=O. The summed E-state index contributed by atoms with van der Waals surface area (Å²) in [6.07, 6.45) is 0. The summed E-state index contributed by atoms with van der Waals surface area (Å²) in [5, 5.41) is 6.64. The average Bonchev–Trinajstić information content (AvgIpc) is 2.84. The van der Waals surface area contributed by atoms with Crippen LogP contribution in [-0.2, 0) is 24.7 Å². The van der Waals surface area contributed by atoms with Crippen LogP contribution in [-0.4, -0.2) is 54.9 Å². The maximum absolute atomic E-state index is 12.7. The van der Waals surface area contributed by atoms with Crippen molar-refractivity contribution in [3.8, 4) is 0 Å². The number of hydrogen-bond acceptors (Lipinski definition) is 6. The van der Waals surface area contributed by atoms with Gasteiger partial charge in [-0.05, 0) is 19.4 Å². The second kappa shape index (κ2) is 7.85. The Morgan fingerprint density at radius 1 is 1.19 bits per heavy atom. The second-order valence-electron chi connectivity index (χ2n) is 6.10. The summed E-state index contributed by atoms with van der Waals surface area (Å²) in [5.74, 6) is -2.41. The number of aryl methyl sites for hydroxylation is 1. The zero-order valence-electron chi connectivity index (χ0n) is 15.1. The van der Waals surface area contributed by atoms with Crippen molar-refractivity contribution < 1.29 is 28.7 Å². The third-order valence-corrected chi connectivity index (χ3v) is 4.04. The smallest absolute Gasteiger partial charge is 0.326 e. The van der Waals surface area contributed by atoms with E-state index in [1.54, 1.807) is 19.1 Å². The Labute approximate surface area is 155 Å². The number of amides is 6. The molecule has 1 fully saturated rings. The van der Waals surface area contributed by atoms with Crippen molar-refractivity contribution >= 4 is 29.8 Å². The van der Waals surface area contributed by atoms with Crippen LogP contribution in [0.15, 0.2) is 24.3 Å². The zero-order chi connectivity index (χ0) is 20.2. The van der Waals surface area contributed by atoms with Gasteiger partial charge >= 0.3 is 18.0 Å². The molecule has 0 saturated carbocycles. The molecule has 10 nitrogen and oxygen atoms in total. The Morgan fingerprint density at radius 2 is 1.81 bits per heavy atom. The zero-order valence-corrected chi connectivity index (χ0v) is 15.1. The summed E-state index contributed by atoms with van der Waals surface area (Å²) in [5.41, 5.74) is 0.267. The molecule has 6 amide bonds. The third-order valence-electron chi connectivity index (χ3n) is 4.04. The molecule has 0 aliphatic carbocycles. The van der Waals surface area contributed by atoms with Gasteiger partial charge in [-0.1, -0.05) is 29.8 Å². The highest BCUT2D eigenvalue weighted by atomic mass is 16.5. The van der Waals surface area contributed by atoms with Gasteiger partial charge in [0.1, 0.15) is 12.1 Å². The quantitative estimate of drug-likeness (QED) is 0.480. The van der Waals surface area contributed by atoms with Crippen LogP contribution < -0.4 is 16.0 Å². The van der Waals surface area contributed by atoms with E-state index in [4.69, 9.17) is 4.74 Å². The molecule has 1 aromatic rings. The van der Waals surface area contributed by atoms with Gasteiger partial charge in [0.2, 0.25) is 0 Å². The van der Waals surface area contributed by atoms with Gasteiger partial charge in [0.05, 0.1) is 0 Å². The number of benzene rings is 1. The number of carbonyl (C=O) groups excluding carboxylic acids is 5. The molecular weight excluding hydrogens is 356 g/mol. The maximum atomic E-state index is 12.7. The minimum atomic E-state index is -1.30. The van der Waals surface area contributed by atoms with Gasteiger partial charge in [-0.25, -0.2) is 9.59 Å². The summed E-state index contributed by atoms with van der Waals surface area (Å²) in [4.78, 5) is 59.8. The largest absolute Gasteiger partial charge is 0.454 e. The number of ether oxygens (including phenoxy) is 1. The van der Waals surface area contributed by atoms with Gasteiger partial charge in [-0.3, -0.25) is 24.6 Å². The molecule has 3 N–H and O–H groups in total. The molecule has 1 aliphatic rings. The number of nitrogens with zero attached hydrogens (tertiary/aromatic N) is 1. The van der Waals surface area contributed by atoms with E-state index in [1.165, 1.54) is 7.05 Å². The highest BCUT2D eigenvalue weighted by molar-refractivity contribution is 6.09. The standard InChI is InChI=1S/C17H20N4O6/c1-10-4-6-11(7-5-10)17(2)14(24)21(16(26)20-17)8-13(23)27-9-12(22)19-15(25)18-3/h4-7H,8-9H2,1-3H3,(H,20,26)(H2,18,19,22,25)/t17-/m0/s1. The molecule has 1 saturated heterocycles. The van der Waals surface area contributed by atoms with E-state index in [2.05, 4.69) is 10.6 Å². The van der Waals surface area contributed by atoms with Crippen LogP contribution in [0.1, 0.15) is 18.1 Å². The second-order valence-corrected chi connectivity index (χ2v) is 6.10. The normalized spacial score (nSPS) is 18.7. The van der Waals surface area contributed by atoms with Crippen LogP contribution in [0.4, 0.5) is 9.59 Å². The van der Waals surface area contributed by atoms with Crippen LogP contribution in [0.3, 0.4) is 0 Å². The minimum Gasteiger partial charge on any atom is -0.454 e. The highest BCUT2D eigenvalue weighted by Crippen LogP contribution is 2.28. The van der Waals surface area contributed by atoms with Gasteiger partial charge in [0.15, 0.2) is 6.61 Å². The van der Waals surface area contributed by atoms with Crippen molar-refractivity contribution in [2.75, 3.05) is 20.2 Å². The summed E-state index contributed by atoms with van der Waals surface area (Å²) < 4.78 is 4.69. The fraction of sp³-hybridized carbons (Fsp3) is 0.353. The lowest BCUT2D eigenvalue weighted by Gasteiger charge is -2.22. The summed E-state index contributed by atoms with van der Waals surface area (Å²) in [6, 6.07) is 5.56. The maximum Gasteiger partial charge on any atom is 0.326 e.